The summed E-state index contributed by atoms with van der Waals surface area (Å²) in [4.78, 5) is 13.0. The third-order valence-electron chi connectivity index (χ3n) is 5.32. The van der Waals surface area contributed by atoms with E-state index >= 15 is 0 Å². The molecule has 0 aliphatic carbocycles. The van der Waals surface area contributed by atoms with E-state index in [1.807, 2.05) is 67.1 Å². The van der Waals surface area contributed by atoms with Gasteiger partial charge in [0.25, 0.3) is 0 Å². The van der Waals surface area contributed by atoms with Crippen molar-refractivity contribution in [3.05, 3.63) is 71.7 Å². The number of Topliss-reactive ketones (excluding diaryl/α,β-unsaturated/α-hetero) is 1. The molecule has 2 heterocycles. The fourth-order valence-corrected chi connectivity index (χ4v) is 4.55. The summed E-state index contributed by atoms with van der Waals surface area (Å²) in [5.41, 5.74) is 2.93. The van der Waals surface area contributed by atoms with Gasteiger partial charge in [-0.1, -0.05) is 48.2 Å². The Kier molecular flexibility index (Phi) is 6.42. The Morgan fingerprint density at radius 3 is 2.58 bits per heavy atom. The minimum atomic E-state index is 0.0942. The molecule has 0 aliphatic rings. The number of thioether (sulfide) groups is 1. The monoisotopic (exact) mass is 434 g/mol. The van der Waals surface area contributed by atoms with Crippen molar-refractivity contribution in [1.29, 1.82) is 0 Å². The smallest absolute Gasteiger partial charge is 0.191 e. The number of nitrogens with zero attached hydrogens (tertiary/aromatic N) is 4. The zero-order chi connectivity index (χ0) is 21.8. The Hall–Kier alpha value is -3.06. The first kappa shape index (κ1) is 21.2. The van der Waals surface area contributed by atoms with Gasteiger partial charge in [0.15, 0.2) is 16.8 Å². The lowest BCUT2D eigenvalue weighted by atomic mass is 10.1. The first-order valence-corrected chi connectivity index (χ1v) is 11.4. The minimum absolute atomic E-state index is 0.0942. The maximum atomic E-state index is 13.0. The van der Waals surface area contributed by atoms with Gasteiger partial charge in [-0.15, -0.1) is 10.2 Å². The van der Waals surface area contributed by atoms with Gasteiger partial charge in [-0.2, -0.15) is 0 Å². The lowest BCUT2D eigenvalue weighted by Gasteiger charge is -2.10. The second kappa shape index (κ2) is 9.39. The molecule has 0 amide bonds. The van der Waals surface area contributed by atoms with Gasteiger partial charge in [-0.3, -0.25) is 4.79 Å². The van der Waals surface area contributed by atoms with E-state index in [1.165, 1.54) is 11.8 Å². The molecule has 0 N–H and O–H groups in total. The molecule has 0 saturated heterocycles. The Morgan fingerprint density at radius 2 is 1.81 bits per heavy atom. The zero-order valence-electron chi connectivity index (χ0n) is 18.0. The molecule has 2 aromatic heterocycles. The average molecular weight is 435 g/mol. The minimum Gasteiger partial charge on any atom is -0.485 e. The Balaban J connectivity index is 1.47. The quantitative estimate of drug-likeness (QED) is 0.270. The molecule has 6 nitrogen and oxygen atoms in total. The topological polar surface area (TPSA) is 61.9 Å². The number of rotatable bonds is 9. The van der Waals surface area contributed by atoms with Crippen LogP contribution in [0.3, 0.4) is 0 Å². The summed E-state index contributed by atoms with van der Waals surface area (Å²) in [7, 11) is 0. The molecular formula is C24H26N4O2S. The van der Waals surface area contributed by atoms with Crippen molar-refractivity contribution in [2.75, 3.05) is 5.75 Å². The number of aromatic nitrogens is 4. The number of benzene rings is 2. The van der Waals surface area contributed by atoms with E-state index < -0.39 is 0 Å². The molecule has 160 valence electrons. The highest BCUT2D eigenvalue weighted by Crippen LogP contribution is 2.25. The van der Waals surface area contributed by atoms with E-state index in [0.29, 0.717) is 18.9 Å². The van der Waals surface area contributed by atoms with Crippen molar-refractivity contribution in [2.24, 2.45) is 0 Å². The van der Waals surface area contributed by atoms with Gasteiger partial charge in [0.2, 0.25) is 0 Å². The number of carbonyl (C=O) groups excluding carboxylic acids is 1. The molecule has 0 bridgehead atoms. The van der Waals surface area contributed by atoms with Crippen LogP contribution in [0.25, 0.3) is 10.9 Å². The van der Waals surface area contributed by atoms with Crippen molar-refractivity contribution < 1.29 is 9.53 Å². The summed E-state index contributed by atoms with van der Waals surface area (Å²) >= 11 is 1.42. The number of carbonyl (C=O) groups is 1. The largest absolute Gasteiger partial charge is 0.485 e. The molecule has 4 aromatic rings. The van der Waals surface area contributed by atoms with E-state index in [-0.39, 0.29) is 5.78 Å². The highest BCUT2D eigenvalue weighted by molar-refractivity contribution is 7.99. The summed E-state index contributed by atoms with van der Waals surface area (Å²) in [6.45, 7) is 8.02. The Morgan fingerprint density at radius 1 is 1.03 bits per heavy atom. The molecular weight excluding hydrogens is 408 g/mol. The van der Waals surface area contributed by atoms with Crippen molar-refractivity contribution >= 4 is 28.4 Å². The van der Waals surface area contributed by atoms with Gasteiger partial charge < -0.3 is 13.9 Å². The first-order chi connectivity index (χ1) is 15.1. The highest BCUT2D eigenvalue weighted by Gasteiger charge is 2.18. The van der Waals surface area contributed by atoms with E-state index in [2.05, 4.69) is 27.8 Å². The first-order valence-electron chi connectivity index (χ1n) is 10.5. The number of ketones is 1. The molecule has 2 aromatic carbocycles. The fraction of sp³-hybridized carbons (Fsp3) is 0.292. The van der Waals surface area contributed by atoms with E-state index in [9.17, 15) is 4.79 Å². The Labute approximate surface area is 186 Å². The molecule has 0 saturated carbocycles. The predicted octanol–water partition coefficient (Wildman–Crippen LogP) is 5.14. The molecule has 0 unspecified atom stereocenters. The van der Waals surface area contributed by atoms with Crippen molar-refractivity contribution in [2.45, 2.75) is 45.6 Å². The van der Waals surface area contributed by atoms with E-state index in [0.717, 1.165) is 45.3 Å². The van der Waals surface area contributed by atoms with Gasteiger partial charge in [0.05, 0.1) is 5.75 Å². The lowest BCUT2D eigenvalue weighted by Crippen LogP contribution is -2.08. The Bertz CT molecular complexity index is 1210. The van der Waals surface area contributed by atoms with E-state index in [4.69, 9.17) is 4.74 Å². The summed E-state index contributed by atoms with van der Waals surface area (Å²) in [6, 6.07) is 15.9. The fourth-order valence-electron chi connectivity index (χ4n) is 3.65. The second-order valence-electron chi connectivity index (χ2n) is 7.26. The summed E-state index contributed by atoms with van der Waals surface area (Å²) in [5, 5.41) is 10.3. The molecule has 4 rings (SSSR count). The lowest BCUT2D eigenvalue weighted by molar-refractivity contribution is 0.102. The van der Waals surface area contributed by atoms with Crippen LogP contribution in [-0.4, -0.2) is 30.9 Å². The number of para-hydroxylation sites is 2. The third-order valence-corrected chi connectivity index (χ3v) is 6.29. The zero-order valence-corrected chi connectivity index (χ0v) is 18.9. The van der Waals surface area contributed by atoms with Crippen LogP contribution in [0.4, 0.5) is 0 Å². The average Bonchev–Trinajstić information content (AvgIpc) is 3.37. The van der Waals surface area contributed by atoms with Crippen LogP contribution in [0.15, 0.2) is 59.9 Å². The third kappa shape index (κ3) is 4.37. The molecule has 0 spiro atoms. The second-order valence-corrected chi connectivity index (χ2v) is 8.20. The normalized spacial score (nSPS) is 11.2. The van der Waals surface area contributed by atoms with Crippen molar-refractivity contribution in [3.63, 3.8) is 0 Å². The maximum Gasteiger partial charge on any atom is 0.191 e. The van der Waals surface area contributed by atoms with E-state index in [1.54, 1.807) is 0 Å². The summed E-state index contributed by atoms with van der Waals surface area (Å²) < 4.78 is 10.1. The highest BCUT2D eigenvalue weighted by atomic mass is 32.2. The standard InChI is InChI=1S/C24H26N4O2S/c1-4-27-14-19(18-11-7-8-12-20(18)27)21(29)16-31-24-26-25-23(28(24)5-2)15-30-22-13-9-6-10-17(22)3/h6-14H,4-5,15-16H2,1-3H3. The summed E-state index contributed by atoms with van der Waals surface area (Å²) in [5.74, 6) is 2.00. The van der Waals surface area contributed by atoms with Crippen LogP contribution in [-0.2, 0) is 19.7 Å². The van der Waals surface area contributed by atoms with Gasteiger partial charge in [-0.05, 0) is 38.5 Å². The molecule has 0 aliphatic heterocycles. The van der Waals surface area contributed by atoms with Crippen LogP contribution in [0, 0.1) is 6.92 Å². The molecule has 0 fully saturated rings. The summed E-state index contributed by atoms with van der Waals surface area (Å²) in [6.07, 6.45) is 1.96. The van der Waals surface area contributed by atoms with Crippen molar-refractivity contribution in [3.8, 4) is 5.75 Å². The number of ether oxygens (including phenoxy) is 1. The number of hydrogen-bond acceptors (Lipinski definition) is 5. The van der Waals surface area contributed by atoms with Gasteiger partial charge in [-0.25, -0.2) is 0 Å². The number of aryl methyl sites for hydroxylation is 2. The van der Waals surface area contributed by atoms with Crippen LogP contribution < -0.4 is 4.74 Å². The van der Waals surface area contributed by atoms with Gasteiger partial charge >= 0.3 is 0 Å². The molecule has 0 atom stereocenters. The van der Waals surface area contributed by atoms with Gasteiger partial charge in [0.1, 0.15) is 12.4 Å². The number of fused-ring (bicyclic) bond motifs is 1. The van der Waals surface area contributed by atoms with Gasteiger partial charge in [0, 0.05) is 35.8 Å². The SMILES string of the molecule is CCn1c(COc2ccccc2C)nnc1SCC(=O)c1cn(CC)c2ccccc12. The maximum absolute atomic E-state index is 13.0. The van der Waals surface area contributed by atoms with Crippen molar-refractivity contribution in [1.82, 2.24) is 19.3 Å². The molecule has 0 radical (unpaired) electrons. The van der Waals surface area contributed by atoms with Crippen LogP contribution in [0.2, 0.25) is 0 Å². The van der Waals surface area contributed by atoms with Crippen LogP contribution >= 0.6 is 11.8 Å². The molecule has 31 heavy (non-hydrogen) atoms. The predicted molar refractivity (Wildman–Crippen MR) is 124 cm³/mol. The number of hydrogen-bond donors (Lipinski definition) is 0. The van der Waals surface area contributed by atoms with Crippen LogP contribution in [0.1, 0.15) is 35.6 Å². The molecule has 7 heteroatoms. The van der Waals surface area contributed by atoms with Crippen LogP contribution in [0.5, 0.6) is 5.75 Å².